The van der Waals surface area contributed by atoms with E-state index in [1.807, 2.05) is 53.2 Å². The summed E-state index contributed by atoms with van der Waals surface area (Å²) in [5.74, 6) is 1.98. The average molecular weight is 430 g/mol. The third kappa shape index (κ3) is 2.65. The number of hydrogen-bond donors (Lipinski definition) is 0. The lowest BCUT2D eigenvalue weighted by molar-refractivity contribution is -0.00181. The number of fused-ring (bicyclic) bond motifs is 5. The van der Waals surface area contributed by atoms with Crippen molar-refractivity contribution in [1.29, 1.82) is 0 Å². The van der Waals surface area contributed by atoms with Crippen molar-refractivity contribution in [3.63, 3.8) is 0 Å². The number of amides is 1. The minimum Gasteiger partial charge on any atom is -0.489 e. The summed E-state index contributed by atoms with van der Waals surface area (Å²) < 4.78 is 14.6. The van der Waals surface area contributed by atoms with Crippen molar-refractivity contribution in [2.45, 2.75) is 44.3 Å². The summed E-state index contributed by atoms with van der Waals surface area (Å²) in [4.78, 5) is 15.4. The summed E-state index contributed by atoms with van der Waals surface area (Å²) in [6.07, 6.45) is 3.48. The van der Waals surface area contributed by atoms with Gasteiger partial charge in [0.05, 0.1) is 17.5 Å². The second-order valence-corrected chi connectivity index (χ2v) is 9.25. The van der Waals surface area contributed by atoms with Crippen LogP contribution in [0.25, 0.3) is 11.3 Å². The highest BCUT2D eigenvalue weighted by Crippen LogP contribution is 2.49. The van der Waals surface area contributed by atoms with E-state index in [4.69, 9.17) is 9.47 Å². The van der Waals surface area contributed by atoms with Crippen molar-refractivity contribution in [3.8, 4) is 22.8 Å². The minimum atomic E-state index is -0.451. The molecule has 1 spiro atoms. The van der Waals surface area contributed by atoms with Gasteiger partial charge in [-0.2, -0.15) is 5.10 Å². The topological polar surface area (TPSA) is 56.6 Å². The van der Waals surface area contributed by atoms with Crippen molar-refractivity contribution in [1.82, 2.24) is 14.7 Å². The lowest BCUT2D eigenvalue weighted by Crippen LogP contribution is -2.49. The smallest absolute Gasteiger partial charge is 0.257 e. The van der Waals surface area contributed by atoms with Crippen LogP contribution in [0.2, 0.25) is 0 Å². The van der Waals surface area contributed by atoms with E-state index in [0.717, 1.165) is 46.7 Å². The van der Waals surface area contributed by atoms with Gasteiger partial charge in [-0.15, -0.1) is 0 Å². The molecule has 0 radical (unpaired) electrons. The van der Waals surface area contributed by atoms with Crippen LogP contribution in [0.3, 0.4) is 0 Å². The van der Waals surface area contributed by atoms with Gasteiger partial charge in [-0.3, -0.25) is 9.48 Å². The molecule has 164 valence electrons. The number of carbonyl (C=O) groups excluding carboxylic acids is 1. The van der Waals surface area contributed by atoms with Gasteiger partial charge in [0.1, 0.15) is 23.2 Å². The second kappa shape index (κ2) is 6.86. The average Bonchev–Trinajstić information content (AvgIpc) is 3.34. The lowest BCUT2D eigenvalue weighted by atomic mass is 9.81. The summed E-state index contributed by atoms with van der Waals surface area (Å²) in [5, 5.41) is 4.54. The summed E-state index contributed by atoms with van der Waals surface area (Å²) in [7, 11) is 1.98. The van der Waals surface area contributed by atoms with Crippen molar-refractivity contribution < 1.29 is 14.3 Å². The highest BCUT2D eigenvalue weighted by atomic mass is 16.5. The van der Waals surface area contributed by atoms with E-state index in [1.165, 1.54) is 0 Å². The third-order valence-corrected chi connectivity index (χ3v) is 7.51. The number of aryl methyl sites for hydroxylation is 1. The molecule has 1 saturated heterocycles. The fourth-order valence-electron chi connectivity index (χ4n) is 5.47. The predicted molar refractivity (Wildman–Crippen MR) is 121 cm³/mol. The third-order valence-electron chi connectivity index (χ3n) is 7.51. The molecule has 2 atom stereocenters. The van der Waals surface area contributed by atoms with Gasteiger partial charge in [-0.1, -0.05) is 31.2 Å². The Labute approximate surface area is 187 Å². The number of carbonyl (C=O) groups is 1. The van der Waals surface area contributed by atoms with Crippen LogP contribution >= 0.6 is 0 Å². The number of aromatic nitrogens is 2. The minimum absolute atomic E-state index is 0.0422. The van der Waals surface area contributed by atoms with Crippen LogP contribution in [0.15, 0.2) is 48.7 Å². The van der Waals surface area contributed by atoms with Crippen molar-refractivity contribution in [3.05, 3.63) is 65.4 Å². The van der Waals surface area contributed by atoms with Gasteiger partial charge in [-0.05, 0) is 25.1 Å². The molecule has 0 saturated carbocycles. The Hall–Kier alpha value is -3.28. The second-order valence-electron chi connectivity index (χ2n) is 9.25. The molecule has 0 N–H and O–H groups in total. The van der Waals surface area contributed by atoms with Crippen molar-refractivity contribution in [2.24, 2.45) is 7.05 Å². The summed E-state index contributed by atoms with van der Waals surface area (Å²) in [6, 6.07) is 14.1. The quantitative estimate of drug-likeness (QED) is 0.572. The number of benzene rings is 2. The Morgan fingerprint density at radius 2 is 1.88 bits per heavy atom. The Bertz CT molecular complexity index is 1220. The van der Waals surface area contributed by atoms with Gasteiger partial charge >= 0.3 is 0 Å². The van der Waals surface area contributed by atoms with Crippen LogP contribution in [0.4, 0.5) is 0 Å². The maximum Gasteiger partial charge on any atom is 0.257 e. The van der Waals surface area contributed by atoms with Crippen molar-refractivity contribution >= 4 is 5.91 Å². The summed E-state index contributed by atoms with van der Waals surface area (Å²) in [5.41, 5.74) is 4.66. The number of nitrogens with zero attached hydrogens (tertiary/aromatic N) is 3. The van der Waals surface area contributed by atoms with E-state index >= 15 is 0 Å². The molecule has 1 fully saturated rings. The van der Waals surface area contributed by atoms with E-state index in [2.05, 4.69) is 31.1 Å². The molecule has 32 heavy (non-hydrogen) atoms. The number of piperidine rings is 1. The van der Waals surface area contributed by atoms with Crippen LogP contribution in [0.5, 0.6) is 11.5 Å². The maximum absolute atomic E-state index is 13.5. The van der Waals surface area contributed by atoms with Crippen molar-refractivity contribution in [2.75, 3.05) is 13.1 Å². The zero-order valence-electron chi connectivity index (χ0n) is 18.7. The number of para-hydroxylation sites is 2. The predicted octanol–water partition coefficient (Wildman–Crippen LogP) is 4.50. The molecule has 3 aliphatic rings. The molecule has 6 heteroatoms. The van der Waals surface area contributed by atoms with Gasteiger partial charge in [0.25, 0.3) is 5.91 Å². The lowest BCUT2D eigenvalue weighted by Gasteiger charge is -2.44. The molecule has 6 rings (SSSR count). The van der Waals surface area contributed by atoms with Crippen LogP contribution < -0.4 is 9.47 Å². The number of likely N-dealkylation sites (tertiary alicyclic amines) is 1. The van der Waals surface area contributed by atoms with E-state index in [0.29, 0.717) is 24.6 Å². The Morgan fingerprint density at radius 3 is 2.69 bits per heavy atom. The molecule has 3 aromatic rings. The first-order valence-corrected chi connectivity index (χ1v) is 11.4. The SMILES string of the molecule is CC1Oc2c(C(=O)N3CCC4(CC3)Oc3ccccc3-c3c4cnn3C)cccc2C1C. The van der Waals surface area contributed by atoms with E-state index in [-0.39, 0.29) is 12.0 Å². The highest BCUT2D eigenvalue weighted by molar-refractivity contribution is 5.97. The van der Waals surface area contributed by atoms with Gasteiger partial charge in [0, 0.05) is 55.6 Å². The normalized spacial score (nSPS) is 22.5. The van der Waals surface area contributed by atoms with Crippen LogP contribution in [0.1, 0.15) is 54.1 Å². The zero-order chi connectivity index (χ0) is 22.0. The first-order chi connectivity index (χ1) is 15.5. The van der Waals surface area contributed by atoms with Crippen LogP contribution in [-0.2, 0) is 12.6 Å². The number of rotatable bonds is 1. The molecule has 1 aromatic heterocycles. The first kappa shape index (κ1) is 19.4. The monoisotopic (exact) mass is 429 g/mol. The number of hydrogen-bond acceptors (Lipinski definition) is 4. The molecule has 4 heterocycles. The standard InChI is InChI=1S/C26H27N3O3/c1-16-17(2)31-24-18(16)8-6-9-20(24)25(30)29-13-11-26(12-14-29)21-15-27-28(3)23(21)19-7-4-5-10-22(19)32-26/h4-10,15-17H,11-14H2,1-3H3. The maximum atomic E-state index is 13.5. The molecule has 2 unspecified atom stereocenters. The molecule has 2 aromatic carbocycles. The largest absolute Gasteiger partial charge is 0.489 e. The van der Waals surface area contributed by atoms with Gasteiger partial charge in [-0.25, -0.2) is 0 Å². The van der Waals surface area contributed by atoms with Gasteiger partial charge in [0.15, 0.2) is 0 Å². The van der Waals surface area contributed by atoms with Crippen LogP contribution in [0, 0.1) is 0 Å². The van der Waals surface area contributed by atoms with E-state index in [9.17, 15) is 4.79 Å². The fraction of sp³-hybridized carbons (Fsp3) is 0.385. The number of ether oxygens (including phenoxy) is 2. The molecular weight excluding hydrogens is 402 g/mol. The Balaban J connectivity index is 1.28. The zero-order valence-corrected chi connectivity index (χ0v) is 18.7. The molecular formula is C26H27N3O3. The highest BCUT2D eigenvalue weighted by Gasteiger charge is 2.46. The Kier molecular flexibility index (Phi) is 4.16. The van der Waals surface area contributed by atoms with Gasteiger partial charge in [0.2, 0.25) is 0 Å². The van der Waals surface area contributed by atoms with Gasteiger partial charge < -0.3 is 14.4 Å². The molecule has 1 amide bonds. The van der Waals surface area contributed by atoms with E-state index < -0.39 is 5.60 Å². The summed E-state index contributed by atoms with van der Waals surface area (Å²) >= 11 is 0. The van der Waals surface area contributed by atoms with E-state index in [1.54, 1.807) is 0 Å². The molecule has 6 nitrogen and oxygen atoms in total. The first-order valence-electron chi connectivity index (χ1n) is 11.4. The molecule has 0 bridgehead atoms. The summed E-state index contributed by atoms with van der Waals surface area (Å²) in [6.45, 7) is 5.47. The molecule has 0 aliphatic carbocycles. The molecule has 3 aliphatic heterocycles. The fourth-order valence-corrected chi connectivity index (χ4v) is 5.47. The van der Waals surface area contributed by atoms with Crippen LogP contribution in [-0.4, -0.2) is 39.8 Å². The Morgan fingerprint density at radius 1 is 1.09 bits per heavy atom.